The van der Waals surface area contributed by atoms with Gasteiger partial charge in [-0.05, 0) is 30.5 Å². The van der Waals surface area contributed by atoms with Crippen molar-refractivity contribution in [3.63, 3.8) is 0 Å². The molecule has 2 N–H and O–H groups in total. The van der Waals surface area contributed by atoms with Crippen LogP contribution < -0.4 is 5.32 Å². The minimum Gasteiger partial charge on any atom is -0.481 e. The predicted molar refractivity (Wildman–Crippen MR) is 62.4 cm³/mol. The predicted octanol–water partition coefficient (Wildman–Crippen LogP) is 1.35. The van der Waals surface area contributed by atoms with Gasteiger partial charge in [0.15, 0.2) is 0 Å². The maximum atomic E-state index is 12.7. The number of hydrogen-bond donors (Lipinski definition) is 2. The van der Waals surface area contributed by atoms with E-state index in [2.05, 4.69) is 5.32 Å². The van der Waals surface area contributed by atoms with Crippen molar-refractivity contribution in [2.45, 2.75) is 25.3 Å². The first-order valence-corrected chi connectivity index (χ1v) is 5.81. The topological polar surface area (TPSA) is 66.4 Å². The Morgan fingerprint density at radius 3 is 2.44 bits per heavy atom. The van der Waals surface area contributed by atoms with Crippen molar-refractivity contribution in [2.75, 3.05) is 0 Å². The highest BCUT2D eigenvalue weighted by Crippen LogP contribution is 2.27. The van der Waals surface area contributed by atoms with E-state index in [0.29, 0.717) is 12.8 Å². The van der Waals surface area contributed by atoms with Crippen LogP contribution in [-0.2, 0) is 16.0 Å². The Balaban J connectivity index is 1.76. The smallest absolute Gasteiger partial charge is 0.306 e. The summed E-state index contributed by atoms with van der Waals surface area (Å²) in [5.41, 5.74) is 0.739. The number of aliphatic carboxylic acids is 1. The maximum Gasteiger partial charge on any atom is 0.306 e. The summed E-state index contributed by atoms with van der Waals surface area (Å²) in [4.78, 5) is 22.2. The zero-order chi connectivity index (χ0) is 13.1. The number of rotatable bonds is 4. The molecule has 4 nitrogen and oxygen atoms in total. The second-order valence-electron chi connectivity index (χ2n) is 4.57. The first kappa shape index (κ1) is 12.5. The SMILES string of the molecule is O=C(Cc1ccc(F)cc1)NC1CC(C(=O)O)C1. The van der Waals surface area contributed by atoms with E-state index in [9.17, 15) is 14.0 Å². The van der Waals surface area contributed by atoms with E-state index in [4.69, 9.17) is 5.11 Å². The summed E-state index contributed by atoms with van der Waals surface area (Å²) >= 11 is 0. The van der Waals surface area contributed by atoms with Gasteiger partial charge in [-0.2, -0.15) is 0 Å². The van der Waals surface area contributed by atoms with Gasteiger partial charge in [0.05, 0.1) is 12.3 Å². The molecule has 2 rings (SSSR count). The third kappa shape index (κ3) is 3.06. The van der Waals surface area contributed by atoms with Gasteiger partial charge in [0.25, 0.3) is 0 Å². The Morgan fingerprint density at radius 2 is 1.89 bits per heavy atom. The van der Waals surface area contributed by atoms with Crippen molar-refractivity contribution in [3.8, 4) is 0 Å². The van der Waals surface area contributed by atoms with E-state index in [1.54, 1.807) is 12.1 Å². The van der Waals surface area contributed by atoms with Crippen LogP contribution in [0.4, 0.5) is 4.39 Å². The van der Waals surface area contributed by atoms with Gasteiger partial charge < -0.3 is 10.4 Å². The molecule has 0 aliphatic heterocycles. The van der Waals surface area contributed by atoms with E-state index in [-0.39, 0.29) is 30.1 Å². The molecule has 1 aromatic carbocycles. The normalized spacial score (nSPS) is 22.1. The molecule has 1 amide bonds. The molecule has 1 fully saturated rings. The number of nitrogens with one attached hydrogen (secondary N) is 1. The van der Waals surface area contributed by atoms with Gasteiger partial charge in [-0.15, -0.1) is 0 Å². The fraction of sp³-hybridized carbons (Fsp3) is 0.385. The zero-order valence-electron chi connectivity index (χ0n) is 9.73. The number of amides is 1. The van der Waals surface area contributed by atoms with Gasteiger partial charge in [-0.3, -0.25) is 9.59 Å². The van der Waals surface area contributed by atoms with Crippen LogP contribution in [0.2, 0.25) is 0 Å². The maximum absolute atomic E-state index is 12.7. The number of hydrogen-bond acceptors (Lipinski definition) is 2. The van der Waals surface area contributed by atoms with E-state index < -0.39 is 5.97 Å². The standard InChI is InChI=1S/C13H14FNO3/c14-10-3-1-8(2-4-10)5-12(16)15-11-6-9(7-11)13(17)18/h1-4,9,11H,5-7H2,(H,15,16)(H,17,18). The Hall–Kier alpha value is -1.91. The van der Waals surface area contributed by atoms with Crippen LogP contribution in [0.3, 0.4) is 0 Å². The lowest BCUT2D eigenvalue weighted by atomic mass is 9.80. The summed E-state index contributed by atoms with van der Waals surface area (Å²) in [5, 5.41) is 11.5. The van der Waals surface area contributed by atoms with Crippen LogP contribution in [0.25, 0.3) is 0 Å². The van der Waals surface area contributed by atoms with Crippen molar-refractivity contribution < 1.29 is 19.1 Å². The Bertz CT molecular complexity index is 452. The van der Waals surface area contributed by atoms with Crippen LogP contribution in [0.15, 0.2) is 24.3 Å². The zero-order valence-corrected chi connectivity index (χ0v) is 9.73. The minimum atomic E-state index is -0.806. The fourth-order valence-electron chi connectivity index (χ4n) is 2.00. The lowest BCUT2D eigenvalue weighted by Crippen LogP contribution is -2.47. The van der Waals surface area contributed by atoms with Crippen LogP contribution in [-0.4, -0.2) is 23.0 Å². The molecule has 1 saturated carbocycles. The molecular formula is C13H14FNO3. The van der Waals surface area contributed by atoms with Crippen LogP contribution in [0.5, 0.6) is 0 Å². The number of benzene rings is 1. The molecule has 0 bridgehead atoms. The second-order valence-corrected chi connectivity index (χ2v) is 4.57. The number of carboxylic acids is 1. The summed E-state index contributed by atoms with van der Waals surface area (Å²) in [7, 11) is 0. The fourth-order valence-corrected chi connectivity index (χ4v) is 2.00. The highest BCUT2D eigenvalue weighted by atomic mass is 19.1. The monoisotopic (exact) mass is 251 g/mol. The molecular weight excluding hydrogens is 237 g/mol. The first-order valence-electron chi connectivity index (χ1n) is 5.81. The highest BCUT2D eigenvalue weighted by molar-refractivity contribution is 5.79. The van der Waals surface area contributed by atoms with Crippen LogP contribution >= 0.6 is 0 Å². The van der Waals surface area contributed by atoms with Crippen molar-refractivity contribution in [1.82, 2.24) is 5.32 Å². The molecule has 5 heteroatoms. The van der Waals surface area contributed by atoms with Crippen molar-refractivity contribution in [1.29, 1.82) is 0 Å². The average Bonchev–Trinajstić information content (AvgIpc) is 2.25. The largest absolute Gasteiger partial charge is 0.481 e. The Kier molecular flexibility index (Phi) is 3.60. The molecule has 1 aliphatic rings. The van der Waals surface area contributed by atoms with Gasteiger partial charge in [0.2, 0.25) is 5.91 Å². The molecule has 0 radical (unpaired) electrons. The third-order valence-corrected chi connectivity index (χ3v) is 3.13. The summed E-state index contributed by atoms with van der Waals surface area (Å²) < 4.78 is 12.7. The summed E-state index contributed by atoms with van der Waals surface area (Å²) in [5.74, 6) is -1.63. The molecule has 96 valence electrons. The average molecular weight is 251 g/mol. The van der Waals surface area contributed by atoms with Gasteiger partial charge in [-0.25, -0.2) is 4.39 Å². The third-order valence-electron chi connectivity index (χ3n) is 3.13. The van der Waals surface area contributed by atoms with Crippen LogP contribution in [0.1, 0.15) is 18.4 Å². The molecule has 1 aliphatic carbocycles. The van der Waals surface area contributed by atoms with E-state index >= 15 is 0 Å². The van der Waals surface area contributed by atoms with Crippen molar-refractivity contribution >= 4 is 11.9 Å². The molecule has 1 aromatic rings. The van der Waals surface area contributed by atoms with Crippen molar-refractivity contribution in [2.24, 2.45) is 5.92 Å². The number of carboxylic acid groups (broad SMARTS) is 1. The highest BCUT2D eigenvalue weighted by Gasteiger charge is 2.35. The number of carbonyl (C=O) groups is 2. The number of carbonyl (C=O) groups excluding carboxylic acids is 1. The lowest BCUT2D eigenvalue weighted by Gasteiger charge is -2.32. The Morgan fingerprint density at radius 1 is 1.28 bits per heavy atom. The molecule has 0 atom stereocenters. The second kappa shape index (κ2) is 5.16. The molecule has 18 heavy (non-hydrogen) atoms. The summed E-state index contributed by atoms with van der Waals surface area (Å²) in [6.45, 7) is 0. The van der Waals surface area contributed by atoms with Crippen LogP contribution in [0, 0.1) is 11.7 Å². The lowest BCUT2D eigenvalue weighted by molar-refractivity contribution is -0.146. The first-order chi connectivity index (χ1) is 8.54. The molecule has 0 spiro atoms. The molecule has 0 aromatic heterocycles. The quantitative estimate of drug-likeness (QED) is 0.848. The van der Waals surface area contributed by atoms with Gasteiger partial charge >= 0.3 is 5.97 Å². The molecule has 0 saturated heterocycles. The van der Waals surface area contributed by atoms with E-state index in [1.165, 1.54) is 12.1 Å². The molecule has 0 unspecified atom stereocenters. The minimum absolute atomic E-state index is 0.0425. The van der Waals surface area contributed by atoms with E-state index in [0.717, 1.165) is 5.56 Å². The van der Waals surface area contributed by atoms with Gasteiger partial charge in [0.1, 0.15) is 5.82 Å². The van der Waals surface area contributed by atoms with Gasteiger partial charge in [0, 0.05) is 6.04 Å². The summed E-state index contributed by atoms with van der Waals surface area (Å²) in [6.07, 6.45) is 1.17. The molecule has 0 heterocycles. The number of halogens is 1. The van der Waals surface area contributed by atoms with Crippen molar-refractivity contribution in [3.05, 3.63) is 35.6 Å². The Labute approximate surface area is 104 Å². The van der Waals surface area contributed by atoms with E-state index in [1.807, 2.05) is 0 Å². The summed E-state index contributed by atoms with van der Waals surface area (Å²) in [6, 6.07) is 5.71. The van der Waals surface area contributed by atoms with Gasteiger partial charge in [-0.1, -0.05) is 12.1 Å².